The summed E-state index contributed by atoms with van der Waals surface area (Å²) in [4.78, 5) is 0. The van der Waals surface area contributed by atoms with Gasteiger partial charge in [0, 0.05) is 25.8 Å². The number of rotatable bonds is 6. The third-order valence-corrected chi connectivity index (χ3v) is 8.67. The second kappa shape index (κ2) is 16.0. The Balaban J connectivity index is 0. The maximum absolute atomic E-state index is 2.53. The van der Waals surface area contributed by atoms with Crippen molar-refractivity contribution in [2.45, 2.75) is 107 Å². The van der Waals surface area contributed by atoms with Crippen molar-refractivity contribution in [1.82, 2.24) is 0 Å². The molecule has 1 aliphatic carbocycles. The zero-order valence-corrected chi connectivity index (χ0v) is 31.7. The van der Waals surface area contributed by atoms with Gasteiger partial charge in [-0.25, -0.2) is 0 Å². The molecular formula is C33H50Hf2. The van der Waals surface area contributed by atoms with Gasteiger partial charge in [0.2, 0.25) is 0 Å². The molecule has 0 unspecified atom stereocenters. The van der Waals surface area contributed by atoms with E-state index in [1.165, 1.54) is 90.0 Å². The van der Waals surface area contributed by atoms with Crippen LogP contribution in [-0.2, 0) is 70.9 Å². The van der Waals surface area contributed by atoms with Gasteiger partial charge in [-0.15, -0.1) is 34.5 Å². The van der Waals surface area contributed by atoms with Crippen molar-refractivity contribution in [2.75, 3.05) is 0 Å². The van der Waals surface area contributed by atoms with Crippen LogP contribution in [-0.4, -0.2) is 0 Å². The summed E-state index contributed by atoms with van der Waals surface area (Å²) in [5, 5.41) is 3.01. The molecule has 0 radical (unpaired) electrons. The van der Waals surface area contributed by atoms with Crippen molar-refractivity contribution in [1.29, 1.82) is 0 Å². The zero-order valence-electron chi connectivity index (χ0n) is 24.5. The van der Waals surface area contributed by atoms with Crippen LogP contribution < -0.4 is 0 Å². The van der Waals surface area contributed by atoms with Gasteiger partial charge in [0.15, 0.2) is 0 Å². The molecule has 0 spiro atoms. The average Bonchev–Trinajstić information content (AvgIpc) is 3.40. The van der Waals surface area contributed by atoms with E-state index in [-0.39, 0.29) is 66.5 Å². The summed E-state index contributed by atoms with van der Waals surface area (Å²) in [5.41, 5.74) is 12.7. The largest absolute Gasteiger partial charge is 4.00 e. The van der Waals surface area contributed by atoms with Crippen LogP contribution in [0, 0.1) is 54.9 Å². The molecule has 35 heavy (non-hydrogen) atoms. The van der Waals surface area contributed by atoms with E-state index in [0.29, 0.717) is 5.41 Å². The molecule has 2 heteroatoms. The smallest absolute Gasteiger partial charge is 0.358 e. The minimum absolute atomic E-state index is 0. The third-order valence-electron chi connectivity index (χ3n) is 8.67. The molecule has 4 rings (SSSR count). The van der Waals surface area contributed by atoms with Crippen molar-refractivity contribution in [2.24, 2.45) is 5.41 Å². The molecule has 190 valence electrons. The van der Waals surface area contributed by atoms with Crippen molar-refractivity contribution < 1.29 is 51.7 Å². The Morgan fingerprint density at radius 3 is 1.77 bits per heavy atom. The zero-order chi connectivity index (χ0) is 22.8. The second-order valence-corrected chi connectivity index (χ2v) is 10.2. The van der Waals surface area contributed by atoms with Gasteiger partial charge in [-0.1, -0.05) is 92.2 Å². The molecule has 0 amide bonds. The molecule has 0 atom stereocenters. The molecule has 0 fully saturated rings. The van der Waals surface area contributed by atoms with Crippen LogP contribution in [0.5, 0.6) is 0 Å². The van der Waals surface area contributed by atoms with Crippen molar-refractivity contribution in [3.05, 3.63) is 83.6 Å². The van der Waals surface area contributed by atoms with Gasteiger partial charge in [0.1, 0.15) is 0 Å². The Morgan fingerprint density at radius 2 is 1.34 bits per heavy atom. The fourth-order valence-electron chi connectivity index (χ4n) is 5.54. The van der Waals surface area contributed by atoms with Crippen LogP contribution in [0.4, 0.5) is 0 Å². The average molecular weight is 804 g/mol. The third kappa shape index (κ3) is 7.95. The summed E-state index contributed by atoms with van der Waals surface area (Å²) >= 11 is 0. The van der Waals surface area contributed by atoms with E-state index in [4.69, 9.17) is 0 Å². The number of fused-ring (bicyclic) bond motifs is 2. The normalized spacial score (nSPS) is 12.9. The summed E-state index contributed by atoms with van der Waals surface area (Å²) in [6, 6.07) is 9.72. The molecule has 3 aromatic rings. The van der Waals surface area contributed by atoms with Crippen molar-refractivity contribution >= 4 is 10.8 Å². The summed E-state index contributed by atoms with van der Waals surface area (Å²) < 4.78 is 0. The van der Waals surface area contributed by atoms with E-state index in [0.717, 1.165) is 0 Å². The van der Waals surface area contributed by atoms with Crippen LogP contribution in [0.3, 0.4) is 0 Å². The molecule has 0 N–H and O–H groups in total. The molecule has 0 aliphatic heterocycles. The van der Waals surface area contributed by atoms with Gasteiger partial charge in [-0.3, -0.25) is 0 Å². The predicted molar refractivity (Wildman–Crippen MR) is 152 cm³/mol. The number of hydrogen-bond acceptors (Lipinski definition) is 0. The van der Waals surface area contributed by atoms with Crippen molar-refractivity contribution in [3.63, 3.8) is 0 Å². The molecule has 0 heterocycles. The number of benzene rings is 1. The van der Waals surface area contributed by atoms with E-state index in [2.05, 4.69) is 79.7 Å². The van der Waals surface area contributed by atoms with Gasteiger partial charge in [-0.05, 0) is 31.1 Å². The van der Waals surface area contributed by atoms with Crippen LogP contribution >= 0.6 is 0 Å². The predicted octanol–water partition coefficient (Wildman–Crippen LogP) is 10.0. The van der Waals surface area contributed by atoms with Crippen molar-refractivity contribution in [3.8, 4) is 0 Å². The summed E-state index contributed by atoms with van der Waals surface area (Å²) in [6.07, 6.45) is 10.5. The first-order chi connectivity index (χ1) is 14.8. The Bertz CT molecular complexity index is 947. The topological polar surface area (TPSA) is 0 Å². The first-order valence-corrected chi connectivity index (χ1v) is 12.7. The maximum Gasteiger partial charge on any atom is 4.00 e. The second-order valence-electron chi connectivity index (χ2n) is 10.2. The van der Waals surface area contributed by atoms with E-state index in [1.54, 1.807) is 16.7 Å². The quantitative estimate of drug-likeness (QED) is 0.132. The van der Waals surface area contributed by atoms with Crippen LogP contribution in [0.2, 0.25) is 0 Å². The summed E-state index contributed by atoms with van der Waals surface area (Å²) in [6.45, 7) is 18.0. The minimum Gasteiger partial charge on any atom is -0.358 e. The molecule has 1 aliphatic rings. The van der Waals surface area contributed by atoms with E-state index in [1.807, 2.05) is 0 Å². The summed E-state index contributed by atoms with van der Waals surface area (Å²) in [7, 11) is 0. The van der Waals surface area contributed by atoms with E-state index < -0.39 is 0 Å². The summed E-state index contributed by atoms with van der Waals surface area (Å²) in [5.74, 6) is 0. The molecule has 0 saturated heterocycles. The monoisotopic (exact) mass is 806 g/mol. The number of hydrogen-bond donors (Lipinski definition) is 0. The van der Waals surface area contributed by atoms with Gasteiger partial charge in [-0.2, -0.15) is 33.9 Å². The Labute approximate surface area is 256 Å². The molecule has 0 bridgehead atoms. The van der Waals surface area contributed by atoms with Gasteiger partial charge >= 0.3 is 25.8 Å². The standard InChI is InChI=1S/C21H29.C10H15.2CH3.2Hf/c1-4-7-8-9-16-10-11-17-12-18-14-21(5-2,6-3)15-19(18)13-20(16)17;1-6-7(2)9(4)10(5)8(6)3;;;;/h10-13H,4-9,14-15H2,1-3H3;1-5H3;2*1H3;;/q4*-1;;+4. The first kappa shape index (κ1) is 37.1. The van der Waals surface area contributed by atoms with Gasteiger partial charge in [0.05, 0.1) is 0 Å². The molecule has 0 nitrogen and oxygen atoms in total. The van der Waals surface area contributed by atoms with Gasteiger partial charge in [0.25, 0.3) is 0 Å². The van der Waals surface area contributed by atoms with Crippen LogP contribution in [0.25, 0.3) is 10.8 Å². The first-order valence-electron chi connectivity index (χ1n) is 12.7. The molecular weight excluding hydrogens is 753 g/mol. The number of unbranched alkanes of at least 4 members (excludes halogenated alkanes) is 2. The fourth-order valence-corrected chi connectivity index (χ4v) is 5.54. The van der Waals surface area contributed by atoms with Crippen LogP contribution in [0.1, 0.15) is 97.4 Å². The maximum atomic E-state index is 2.53. The Morgan fingerprint density at radius 1 is 0.829 bits per heavy atom. The molecule has 3 aromatic carbocycles. The van der Waals surface area contributed by atoms with Gasteiger partial charge < -0.3 is 14.9 Å². The minimum atomic E-state index is 0. The van der Waals surface area contributed by atoms with Crippen LogP contribution in [0.15, 0.2) is 24.3 Å². The SMILES string of the molecule is CCCCC[c-]1ccc2cc3c(cc21)CC(CC)(CC)C3.Cc1c(C)c(C)[c-](C)c1C.[CH3-].[CH3-].[Hf+4].[Hf]. The van der Waals surface area contributed by atoms with E-state index >= 15 is 0 Å². The Kier molecular flexibility index (Phi) is 17.0. The Hall–Kier alpha value is -0.0797. The fraction of sp³-hybridized carbons (Fsp3) is 0.515. The number of aryl methyl sites for hydroxylation is 1. The molecule has 0 saturated carbocycles. The molecule has 0 aromatic heterocycles. The van der Waals surface area contributed by atoms with E-state index in [9.17, 15) is 0 Å².